The van der Waals surface area contributed by atoms with Gasteiger partial charge in [-0.3, -0.25) is 4.79 Å². The SMILES string of the molecule is CN(C)C=Nc1ccn(Cc2ccccc2)c(=O)c1C#N. The molecule has 0 unspecified atom stereocenters. The van der Waals surface area contributed by atoms with Gasteiger partial charge in [0.2, 0.25) is 0 Å². The molecule has 21 heavy (non-hydrogen) atoms. The predicted octanol–water partition coefficient (Wildman–Crippen LogP) is 1.99. The molecule has 0 saturated heterocycles. The average Bonchev–Trinajstić information content (AvgIpc) is 2.48. The van der Waals surface area contributed by atoms with Crippen molar-refractivity contribution in [3.8, 4) is 6.07 Å². The number of rotatable bonds is 4. The molecular weight excluding hydrogens is 264 g/mol. The van der Waals surface area contributed by atoms with Crippen LogP contribution in [0.5, 0.6) is 0 Å². The van der Waals surface area contributed by atoms with Crippen molar-refractivity contribution in [2.45, 2.75) is 6.54 Å². The van der Waals surface area contributed by atoms with Gasteiger partial charge in [0.1, 0.15) is 11.6 Å². The van der Waals surface area contributed by atoms with Gasteiger partial charge in [0, 0.05) is 20.3 Å². The minimum Gasteiger partial charge on any atom is -0.369 e. The van der Waals surface area contributed by atoms with Crippen molar-refractivity contribution in [3.05, 3.63) is 64.1 Å². The minimum atomic E-state index is -0.324. The van der Waals surface area contributed by atoms with E-state index in [-0.39, 0.29) is 11.1 Å². The summed E-state index contributed by atoms with van der Waals surface area (Å²) in [4.78, 5) is 18.2. The fraction of sp³-hybridized carbons (Fsp3) is 0.188. The summed E-state index contributed by atoms with van der Waals surface area (Å²) >= 11 is 0. The third-order valence-electron chi connectivity index (χ3n) is 2.88. The highest BCUT2D eigenvalue weighted by atomic mass is 16.1. The van der Waals surface area contributed by atoms with E-state index in [1.54, 1.807) is 23.5 Å². The maximum atomic E-state index is 12.3. The van der Waals surface area contributed by atoms with Crippen LogP contribution in [0.15, 0.2) is 52.4 Å². The Hall–Kier alpha value is -2.87. The van der Waals surface area contributed by atoms with Gasteiger partial charge in [0.25, 0.3) is 5.56 Å². The first kappa shape index (κ1) is 14.5. The summed E-state index contributed by atoms with van der Waals surface area (Å²) in [6, 6.07) is 13.3. The monoisotopic (exact) mass is 280 g/mol. The van der Waals surface area contributed by atoms with Crippen LogP contribution in [0.25, 0.3) is 0 Å². The number of hydrogen-bond donors (Lipinski definition) is 0. The van der Waals surface area contributed by atoms with E-state index < -0.39 is 0 Å². The Kier molecular flexibility index (Phi) is 4.52. The van der Waals surface area contributed by atoms with E-state index in [1.807, 2.05) is 50.5 Å². The smallest absolute Gasteiger partial charge is 0.271 e. The van der Waals surface area contributed by atoms with E-state index in [0.717, 1.165) is 5.56 Å². The zero-order chi connectivity index (χ0) is 15.2. The number of benzene rings is 1. The van der Waals surface area contributed by atoms with Gasteiger partial charge in [-0.2, -0.15) is 5.26 Å². The van der Waals surface area contributed by atoms with E-state index >= 15 is 0 Å². The Balaban J connectivity index is 2.39. The first-order valence-electron chi connectivity index (χ1n) is 6.50. The molecule has 0 radical (unpaired) electrons. The molecular formula is C16H16N4O. The molecule has 1 aromatic heterocycles. The predicted molar refractivity (Wildman–Crippen MR) is 82.8 cm³/mol. The largest absolute Gasteiger partial charge is 0.369 e. The summed E-state index contributed by atoms with van der Waals surface area (Å²) < 4.78 is 1.52. The molecule has 0 fully saturated rings. The Labute approximate surface area is 123 Å². The average molecular weight is 280 g/mol. The lowest BCUT2D eigenvalue weighted by atomic mass is 10.2. The molecule has 0 bridgehead atoms. The molecule has 1 aromatic carbocycles. The standard InChI is InChI=1S/C16H16N4O/c1-19(2)12-18-15-8-9-20(16(21)14(15)10-17)11-13-6-4-3-5-7-13/h3-9,12H,11H2,1-2H3. The van der Waals surface area contributed by atoms with Gasteiger partial charge in [0.05, 0.1) is 18.6 Å². The molecule has 0 saturated carbocycles. The zero-order valence-electron chi connectivity index (χ0n) is 12.0. The third kappa shape index (κ3) is 3.57. The van der Waals surface area contributed by atoms with Crippen molar-refractivity contribution in [1.82, 2.24) is 9.47 Å². The topological polar surface area (TPSA) is 61.4 Å². The van der Waals surface area contributed by atoms with Crippen molar-refractivity contribution in [2.24, 2.45) is 4.99 Å². The van der Waals surface area contributed by atoms with Crippen LogP contribution in [0, 0.1) is 11.3 Å². The quantitative estimate of drug-likeness (QED) is 0.635. The van der Waals surface area contributed by atoms with Gasteiger partial charge < -0.3 is 9.47 Å². The first-order valence-corrected chi connectivity index (χ1v) is 6.50. The highest BCUT2D eigenvalue weighted by molar-refractivity contribution is 5.64. The fourth-order valence-electron chi connectivity index (χ4n) is 1.86. The lowest BCUT2D eigenvalue weighted by Gasteiger charge is -2.08. The van der Waals surface area contributed by atoms with Crippen molar-refractivity contribution in [1.29, 1.82) is 5.26 Å². The van der Waals surface area contributed by atoms with Crippen LogP contribution in [-0.2, 0) is 6.54 Å². The Bertz CT molecular complexity index is 739. The molecule has 2 rings (SSSR count). The Morgan fingerprint density at radius 2 is 2.00 bits per heavy atom. The van der Waals surface area contributed by atoms with E-state index in [2.05, 4.69) is 4.99 Å². The number of nitrogens with zero attached hydrogens (tertiary/aromatic N) is 4. The lowest BCUT2D eigenvalue weighted by Crippen LogP contribution is -2.22. The van der Waals surface area contributed by atoms with Crippen LogP contribution in [0.2, 0.25) is 0 Å². The molecule has 0 spiro atoms. The van der Waals surface area contributed by atoms with Crippen LogP contribution in [0.3, 0.4) is 0 Å². The van der Waals surface area contributed by atoms with Gasteiger partial charge >= 0.3 is 0 Å². The summed E-state index contributed by atoms with van der Waals surface area (Å²) in [5.74, 6) is 0. The second-order valence-corrected chi connectivity index (χ2v) is 4.81. The lowest BCUT2D eigenvalue weighted by molar-refractivity contribution is 0.643. The van der Waals surface area contributed by atoms with Gasteiger partial charge in [-0.25, -0.2) is 4.99 Å². The van der Waals surface area contributed by atoms with Gasteiger partial charge in [-0.15, -0.1) is 0 Å². The van der Waals surface area contributed by atoms with Crippen molar-refractivity contribution in [3.63, 3.8) is 0 Å². The highest BCUT2D eigenvalue weighted by Gasteiger charge is 2.09. The normalized spacial score (nSPS) is 10.5. The number of hydrogen-bond acceptors (Lipinski definition) is 3. The maximum Gasteiger partial charge on any atom is 0.271 e. The Morgan fingerprint density at radius 3 is 2.62 bits per heavy atom. The molecule has 0 atom stereocenters. The van der Waals surface area contributed by atoms with Crippen molar-refractivity contribution >= 4 is 12.0 Å². The molecule has 2 aromatic rings. The number of pyridine rings is 1. The van der Waals surface area contributed by atoms with Crippen LogP contribution < -0.4 is 5.56 Å². The highest BCUT2D eigenvalue weighted by Crippen LogP contribution is 2.14. The van der Waals surface area contributed by atoms with Gasteiger partial charge in [-0.1, -0.05) is 30.3 Å². The molecule has 0 N–H and O–H groups in total. The summed E-state index contributed by atoms with van der Waals surface area (Å²) in [7, 11) is 3.65. The maximum absolute atomic E-state index is 12.3. The minimum absolute atomic E-state index is 0.0616. The van der Waals surface area contributed by atoms with Crippen LogP contribution in [-0.4, -0.2) is 29.9 Å². The molecule has 106 valence electrons. The van der Waals surface area contributed by atoms with Crippen LogP contribution >= 0.6 is 0 Å². The van der Waals surface area contributed by atoms with E-state index in [0.29, 0.717) is 12.2 Å². The van der Waals surface area contributed by atoms with Crippen LogP contribution in [0.1, 0.15) is 11.1 Å². The second-order valence-electron chi connectivity index (χ2n) is 4.81. The number of aliphatic imine (C=N–C) groups is 1. The van der Waals surface area contributed by atoms with Crippen molar-refractivity contribution < 1.29 is 0 Å². The molecule has 0 aliphatic heterocycles. The van der Waals surface area contributed by atoms with Crippen LogP contribution in [0.4, 0.5) is 5.69 Å². The first-order chi connectivity index (χ1) is 10.1. The summed E-state index contributed by atoms with van der Waals surface area (Å²) in [5.41, 5.74) is 1.13. The molecule has 1 heterocycles. The zero-order valence-corrected chi connectivity index (χ0v) is 12.0. The molecule has 5 heteroatoms. The fourth-order valence-corrected chi connectivity index (χ4v) is 1.86. The summed E-state index contributed by atoms with van der Waals surface area (Å²) in [6.07, 6.45) is 3.23. The number of nitriles is 1. The summed E-state index contributed by atoms with van der Waals surface area (Å²) in [5, 5.41) is 9.20. The van der Waals surface area contributed by atoms with E-state index in [9.17, 15) is 10.1 Å². The molecule has 5 nitrogen and oxygen atoms in total. The molecule has 0 amide bonds. The van der Waals surface area contributed by atoms with Crippen molar-refractivity contribution in [2.75, 3.05) is 14.1 Å². The second kappa shape index (κ2) is 6.53. The molecule has 0 aliphatic carbocycles. The Morgan fingerprint density at radius 1 is 1.29 bits per heavy atom. The van der Waals surface area contributed by atoms with E-state index in [4.69, 9.17) is 0 Å². The number of aromatic nitrogens is 1. The van der Waals surface area contributed by atoms with E-state index in [1.165, 1.54) is 4.57 Å². The van der Waals surface area contributed by atoms with Gasteiger partial charge in [-0.05, 0) is 11.6 Å². The summed E-state index contributed by atoms with van der Waals surface area (Å²) in [6.45, 7) is 0.437. The third-order valence-corrected chi connectivity index (χ3v) is 2.88. The molecule has 0 aliphatic rings. The van der Waals surface area contributed by atoms with Gasteiger partial charge in [0.15, 0.2) is 0 Å².